The number of hydrogen-bond acceptors (Lipinski definition) is 5. The zero-order valence-corrected chi connectivity index (χ0v) is 10.4. The van der Waals surface area contributed by atoms with E-state index in [-0.39, 0.29) is 12.6 Å². The summed E-state index contributed by atoms with van der Waals surface area (Å²) in [5.74, 6) is 1.22. The number of carbonyl (C=O) groups is 1. The van der Waals surface area contributed by atoms with E-state index in [1.54, 1.807) is 30.6 Å². The summed E-state index contributed by atoms with van der Waals surface area (Å²) in [7, 11) is 0. The van der Waals surface area contributed by atoms with Gasteiger partial charge in [-0.25, -0.2) is 0 Å². The number of allylic oxidation sites excluding steroid dienone is 1. The van der Waals surface area contributed by atoms with Crippen LogP contribution in [0.1, 0.15) is 15.9 Å². The second-order valence-corrected chi connectivity index (χ2v) is 4.55. The maximum atomic E-state index is 12.4. The zero-order valence-electron chi connectivity index (χ0n) is 10.4. The summed E-state index contributed by atoms with van der Waals surface area (Å²) in [6.45, 7) is 0.199. The van der Waals surface area contributed by atoms with Gasteiger partial charge >= 0.3 is 0 Å². The van der Waals surface area contributed by atoms with Crippen molar-refractivity contribution in [2.75, 3.05) is 12.1 Å². The Kier molecular flexibility index (Phi) is 2.26. The van der Waals surface area contributed by atoms with Crippen LogP contribution < -0.4 is 14.8 Å². The fourth-order valence-corrected chi connectivity index (χ4v) is 2.31. The predicted molar refractivity (Wildman–Crippen MR) is 72.7 cm³/mol. The summed E-state index contributed by atoms with van der Waals surface area (Å²) in [4.78, 5) is 16.4. The van der Waals surface area contributed by atoms with E-state index in [0.717, 1.165) is 11.3 Å². The number of carbonyl (C=O) groups excluding carboxylic acids is 1. The van der Waals surface area contributed by atoms with Crippen LogP contribution in [0.2, 0.25) is 0 Å². The molecule has 0 unspecified atom stereocenters. The van der Waals surface area contributed by atoms with Crippen LogP contribution in [-0.2, 0) is 0 Å². The highest BCUT2D eigenvalue weighted by atomic mass is 16.7. The minimum Gasteiger partial charge on any atom is -0.454 e. The highest BCUT2D eigenvalue weighted by Crippen LogP contribution is 2.41. The number of hydrogen-bond donors (Lipinski definition) is 1. The lowest BCUT2D eigenvalue weighted by Crippen LogP contribution is -2.00. The van der Waals surface area contributed by atoms with Gasteiger partial charge in [-0.15, -0.1) is 0 Å². The SMILES string of the molecule is O=C1/C(=C/c2cccnc2)Nc2cc3c(cc21)OCO3. The molecule has 5 heteroatoms. The van der Waals surface area contributed by atoms with Gasteiger partial charge in [0.25, 0.3) is 0 Å². The van der Waals surface area contributed by atoms with E-state index in [9.17, 15) is 4.79 Å². The molecule has 0 atom stereocenters. The number of ketones is 1. The lowest BCUT2D eigenvalue weighted by molar-refractivity contribution is 0.104. The molecular weight excluding hydrogens is 256 g/mol. The van der Waals surface area contributed by atoms with E-state index < -0.39 is 0 Å². The van der Waals surface area contributed by atoms with Crippen LogP contribution in [0.4, 0.5) is 5.69 Å². The molecule has 4 rings (SSSR count). The standard InChI is InChI=1S/C15H10N2O3/c18-15-10-5-13-14(20-8-19-13)6-11(10)17-12(15)4-9-2-1-3-16-7-9/h1-7,17H,8H2/b12-4-. The quantitative estimate of drug-likeness (QED) is 0.803. The number of ether oxygens (including phenoxy) is 2. The van der Waals surface area contributed by atoms with Crippen LogP contribution in [0.25, 0.3) is 6.08 Å². The van der Waals surface area contributed by atoms with Crippen molar-refractivity contribution < 1.29 is 14.3 Å². The molecule has 0 amide bonds. The van der Waals surface area contributed by atoms with E-state index in [2.05, 4.69) is 10.3 Å². The smallest absolute Gasteiger partial charge is 0.231 e. The molecule has 2 aliphatic heterocycles. The molecule has 0 spiro atoms. The molecule has 0 saturated heterocycles. The molecule has 0 fully saturated rings. The molecule has 0 radical (unpaired) electrons. The molecule has 1 N–H and O–H groups in total. The molecular formula is C15H10N2O3. The van der Waals surface area contributed by atoms with E-state index in [4.69, 9.17) is 9.47 Å². The van der Waals surface area contributed by atoms with E-state index >= 15 is 0 Å². The number of anilines is 1. The van der Waals surface area contributed by atoms with Crippen molar-refractivity contribution in [3.63, 3.8) is 0 Å². The molecule has 1 aromatic heterocycles. The Morgan fingerprint density at radius 1 is 1.25 bits per heavy atom. The monoisotopic (exact) mass is 266 g/mol. The molecule has 1 aromatic carbocycles. The summed E-state index contributed by atoms with van der Waals surface area (Å²) in [5.41, 5.74) is 2.74. The summed E-state index contributed by atoms with van der Waals surface area (Å²) in [6, 6.07) is 7.23. The number of nitrogens with one attached hydrogen (secondary N) is 1. The van der Waals surface area contributed by atoms with Crippen molar-refractivity contribution in [3.8, 4) is 11.5 Å². The second-order valence-electron chi connectivity index (χ2n) is 4.55. The molecule has 2 aromatic rings. The average Bonchev–Trinajstić information content (AvgIpc) is 3.03. The number of rotatable bonds is 1. The van der Waals surface area contributed by atoms with Gasteiger partial charge in [0.1, 0.15) is 0 Å². The van der Waals surface area contributed by atoms with Gasteiger partial charge < -0.3 is 14.8 Å². The molecule has 98 valence electrons. The Morgan fingerprint density at radius 3 is 2.90 bits per heavy atom. The van der Waals surface area contributed by atoms with Crippen molar-refractivity contribution >= 4 is 17.5 Å². The number of Topliss-reactive ketones (excluding diaryl/α,β-unsaturated/α-hetero) is 1. The Labute approximate surface area is 114 Å². The Hall–Kier alpha value is -2.82. The summed E-state index contributed by atoms with van der Waals surface area (Å²) < 4.78 is 10.6. The topological polar surface area (TPSA) is 60.5 Å². The lowest BCUT2D eigenvalue weighted by Gasteiger charge is -2.00. The number of aromatic nitrogens is 1. The number of pyridine rings is 1. The first-order valence-corrected chi connectivity index (χ1v) is 6.18. The van der Waals surface area contributed by atoms with Gasteiger partial charge in [-0.3, -0.25) is 9.78 Å². The first kappa shape index (κ1) is 11.0. The molecule has 3 heterocycles. The average molecular weight is 266 g/mol. The van der Waals surface area contributed by atoms with E-state index in [0.29, 0.717) is 22.8 Å². The first-order chi connectivity index (χ1) is 9.81. The molecule has 0 bridgehead atoms. The van der Waals surface area contributed by atoms with Gasteiger partial charge in [-0.2, -0.15) is 0 Å². The van der Waals surface area contributed by atoms with Crippen LogP contribution in [0.5, 0.6) is 11.5 Å². The predicted octanol–water partition coefficient (Wildman–Crippen LogP) is 2.46. The van der Waals surface area contributed by atoms with Gasteiger partial charge in [0.2, 0.25) is 12.6 Å². The largest absolute Gasteiger partial charge is 0.454 e. The van der Waals surface area contributed by atoms with Crippen LogP contribution >= 0.6 is 0 Å². The Bertz CT molecular complexity index is 738. The normalized spacial score (nSPS) is 17.2. The van der Waals surface area contributed by atoms with Gasteiger partial charge in [-0.1, -0.05) is 6.07 Å². The summed E-state index contributed by atoms with van der Waals surface area (Å²) in [6.07, 6.45) is 5.18. The Balaban J connectivity index is 1.74. The highest BCUT2D eigenvalue weighted by Gasteiger charge is 2.28. The van der Waals surface area contributed by atoms with E-state index in [1.807, 2.05) is 12.1 Å². The van der Waals surface area contributed by atoms with Gasteiger partial charge in [0, 0.05) is 18.5 Å². The lowest BCUT2D eigenvalue weighted by atomic mass is 10.1. The third-order valence-electron chi connectivity index (χ3n) is 3.27. The number of fused-ring (bicyclic) bond motifs is 2. The zero-order chi connectivity index (χ0) is 13.5. The van der Waals surface area contributed by atoms with Crippen molar-refractivity contribution in [1.82, 2.24) is 4.98 Å². The van der Waals surface area contributed by atoms with Crippen molar-refractivity contribution in [1.29, 1.82) is 0 Å². The molecule has 0 saturated carbocycles. The fourth-order valence-electron chi connectivity index (χ4n) is 2.31. The maximum Gasteiger partial charge on any atom is 0.231 e. The van der Waals surface area contributed by atoms with Crippen molar-refractivity contribution in [2.45, 2.75) is 0 Å². The summed E-state index contributed by atoms with van der Waals surface area (Å²) >= 11 is 0. The van der Waals surface area contributed by atoms with Crippen molar-refractivity contribution in [3.05, 3.63) is 53.5 Å². The minimum absolute atomic E-state index is 0.0536. The highest BCUT2D eigenvalue weighted by molar-refractivity contribution is 6.21. The minimum atomic E-state index is -0.0536. The summed E-state index contributed by atoms with van der Waals surface area (Å²) in [5, 5.41) is 3.11. The van der Waals surface area contributed by atoms with Crippen LogP contribution in [0.3, 0.4) is 0 Å². The second kappa shape index (κ2) is 4.09. The molecule has 2 aliphatic rings. The van der Waals surface area contributed by atoms with Crippen LogP contribution in [-0.4, -0.2) is 17.6 Å². The van der Waals surface area contributed by atoms with Gasteiger partial charge in [0.05, 0.1) is 16.9 Å². The maximum absolute atomic E-state index is 12.4. The third kappa shape index (κ3) is 1.64. The number of nitrogens with zero attached hydrogens (tertiary/aromatic N) is 1. The third-order valence-corrected chi connectivity index (χ3v) is 3.27. The first-order valence-electron chi connectivity index (χ1n) is 6.18. The Morgan fingerprint density at radius 2 is 2.10 bits per heavy atom. The van der Waals surface area contributed by atoms with Gasteiger partial charge in [-0.05, 0) is 23.8 Å². The number of benzene rings is 1. The van der Waals surface area contributed by atoms with Crippen molar-refractivity contribution in [2.24, 2.45) is 0 Å². The molecule has 0 aliphatic carbocycles. The van der Waals surface area contributed by atoms with Crippen LogP contribution in [0.15, 0.2) is 42.4 Å². The van der Waals surface area contributed by atoms with E-state index in [1.165, 1.54) is 0 Å². The fraction of sp³-hybridized carbons (Fsp3) is 0.0667. The van der Waals surface area contributed by atoms with Crippen LogP contribution in [0, 0.1) is 0 Å². The van der Waals surface area contributed by atoms with Gasteiger partial charge in [0.15, 0.2) is 11.5 Å². The molecule has 20 heavy (non-hydrogen) atoms. The molecule has 5 nitrogen and oxygen atoms in total.